The predicted octanol–water partition coefficient (Wildman–Crippen LogP) is 1.97. The highest BCUT2D eigenvalue weighted by Crippen LogP contribution is 2.52. The van der Waals surface area contributed by atoms with Gasteiger partial charge in [0.15, 0.2) is 11.5 Å². The van der Waals surface area contributed by atoms with Crippen molar-refractivity contribution in [3.8, 4) is 23.3 Å². The molecule has 0 aromatic heterocycles. The van der Waals surface area contributed by atoms with Gasteiger partial charge in [-0.05, 0) is 6.07 Å². The number of methoxy groups -OCH3 is 1. The van der Waals surface area contributed by atoms with Crippen LogP contribution >= 0.6 is 0 Å². The Balaban J connectivity index is 1.97. The number of para-hydroxylation sites is 1. The zero-order valence-corrected chi connectivity index (χ0v) is 13.5. The van der Waals surface area contributed by atoms with Crippen LogP contribution in [0.5, 0.6) is 11.5 Å². The first-order chi connectivity index (χ1) is 11.1. The van der Waals surface area contributed by atoms with Crippen LogP contribution in [0.4, 0.5) is 0 Å². The number of nitrogens with zero attached hydrogens (tertiary/aromatic N) is 1. The van der Waals surface area contributed by atoms with Crippen molar-refractivity contribution in [1.29, 1.82) is 0 Å². The summed E-state index contributed by atoms with van der Waals surface area (Å²) in [6, 6.07) is 5.67. The smallest absolute Gasteiger partial charge is 0.315 e. The lowest BCUT2D eigenvalue weighted by Gasteiger charge is -2.36. The first-order valence-electron chi connectivity index (χ1n) is 7.83. The van der Waals surface area contributed by atoms with E-state index in [2.05, 4.69) is 16.7 Å². The van der Waals surface area contributed by atoms with E-state index in [1.807, 2.05) is 25.1 Å². The summed E-state index contributed by atoms with van der Waals surface area (Å²) in [5.74, 6) is 6.58. The van der Waals surface area contributed by atoms with E-state index in [0.717, 1.165) is 12.0 Å². The summed E-state index contributed by atoms with van der Waals surface area (Å²) in [4.78, 5) is 14.1. The van der Waals surface area contributed by atoms with E-state index < -0.39 is 11.4 Å². The molecule has 1 aromatic rings. The molecule has 3 rings (SSSR count). The van der Waals surface area contributed by atoms with Crippen LogP contribution in [0, 0.1) is 17.3 Å². The first kappa shape index (κ1) is 15.7. The van der Waals surface area contributed by atoms with Gasteiger partial charge in [0.2, 0.25) is 0 Å². The number of carbonyl (C=O) groups is 1. The number of carboxylic acid groups (broad SMARTS) is 1. The lowest BCUT2D eigenvalue weighted by atomic mass is 9.73. The maximum absolute atomic E-state index is 12.0. The minimum atomic E-state index is -0.909. The quantitative estimate of drug-likeness (QED) is 0.864. The second-order valence-corrected chi connectivity index (χ2v) is 6.06. The molecule has 0 saturated carbocycles. The normalized spacial score (nSPS) is 25.6. The Morgan fingerprint density at radius 2 is 2.35 bits per heavy atom. The monoisotopic (exact) mass is 315 g/mol. The Bertz CT molecular complexity index is 675. The molecule has 2 heterocycles. The number of ether oxygens (including phenoxy) is 2. The van der Waals surface area contributed by atoms with E-state index >= 15 is 0 Å². The van der Waals surface area contributed by atoms with Crippen molar-refractivity contribution < 1.29 is 19.4 Å². The lowest BCUT2D eigenvalue weighted by Crippen LogP contribution is -2.45. The van der Waals surface area contributed by atoms with Crippen molar-refractivity contribution in [2.45, 2.75) is 19.3 Å². The molecule has 0 bridgehead atoms. The van der Waals surface area contributed by atoms with Crippen molar-refractivity contribution in [1.82, 2.24) is 4.90 Å². The fraction of sp³-hybridized carbons (Fsp3) is 0.500. The van der Waals surface area contributed by atoms with Gasteiger partial charge in [-0.15, -0.1) is 5.92 Å². The number of likely N-dealkylation sites (tertiary alicyclic amines) is 1. The SMILES string of the molecule is CCC#CCN1C[C@@H]2c3cccc(OC)c3OC[C@]2(C(=O)O)C1. The number of carboxylic acids is 1. The highest BCUT2D eigenvalue weighted by atomic mass is 16.5. The van der Waals surface area contributed by atoms with Crippen LogP contribution in [-0.2, 0) is 4.79 Å². The molecule has 0 spiro atoms. The fourth-order valence-corrected chi connectivity index (χ4v) is 3.56. The molecule has 2 atom stereocenters. The van der Waals surface area contributed by atoms with Gasteiger partial charge in [-0.3, -0.25) is 9.69 Å². The van der Waals surface area contributed by atoms with Gasteiger partial charge in [-0.25, -0.2) is 0 Å². The second-order valence-electron chi connectivity index (χ2n) is 6.06. The Morgan fingerprint density at radius 1 is 1.52 bits per heavy atom. The van der Waals surface area contributed by atoms with Gasteiger partial charge >= 0.3 is 5.97 Å². The zero-order valence-electron chi connectivity index (χ0n) is 13.5. The largest absolute Gasteiger partial charge is 0.493 e. The number of rotatable bonds is 3. The van der Waals surface area contributed by atoms with Gasteiger partial charge in [0.1, 0.15) is 12.0 Å². The molecule has 0 amide bonds. The molecule has 5 heteroatoms. The second kappa shape index (κ2) is 6.13. The average Bonchev–Trinajstić information content (AvgIpc) is 2.95. The summed E-state index contributed by atoms with van der Waals surface area (Å²) < 4.78 is 11.2. The molecular weight excluding hydrogens is 294 g/mol. The summed E-state index contributed by atoms with van der Waals surface area (Å²) >= 11 is 0. The third-order valence-electron chi connectivity index (χ3n) is 4.72. The standard InChI is InChI=1S/C18H21NO4/c1-3-4-5-9-19-10-14-13-7-6-8-15(22-2)16(13)23-12-18(14,11-19)17(20)21/h6-8,14H,3,9-12H2,1-2H3,(H,20,21)/t14-,18-/m1/s1. The Hall–Kier alpha value is -2.19. The topological polar surface area (TPSA) is 59.0 Å². The first-order valence-corrected chi connectivity index (χ1v) is 7.83. The summed E-state index contributed by atoms with van der Waals surface area (Å²) in [6.07, 6.45) is 0.810. The van der Waals surface area contributed by atoms with Gasteiger partial charge in [-0.1, -0.05) is 25.0 Å². The van der Waals surface area contributed by atoms with Crippen molar-refractivity contribution in [2.75, 3.05) is 33.4 Å². The maximum atomic E-state index is 12.0. The molecule has 1 aromatic carbocycles. The van der Waals surface area contributed by atoms with Crippen LogP contribution in [0.3, 0.4) is 0 Å². The number of hydrogen-bond donors (Lipinski definition) is 1. The summed E-state index contributed by atoms with van der Waals surface area (Å²) in [5.41, 5.74) is 0.0109. The van der Waals surface area contributed by atoms with Crippen molar-refractivity contribution in [3.05, 3.63) is 23.8 Å². The number of aliphatic carboxylic acids is 1. The molecule has 23 heavy (non-hydrogen) atoms. The van der Waals surface area contributed by atoms with E-state index in [4.69, 9.17) is 9.47 Å². The average molecular weight is 315 g/mol. The number of fused-ring (bicyclic) bond motifs is 3. The van der Waals surface area contributed by atoms with E-state index in [0.29, 0.717) is 31.1 Å². The van der Waals surface area contributed by atoms with Gasteiger partial charge in [0.05, 0.1) is 13.7 Å². The molecule has 1 saturated heterocycles. The molecule has 2 aliphatic heterocycles. The van der Waals surface area contributed by atoms with E-state index in [1.54, 1.807) is 7.11 Å². The minimum absolute atomic E-state index is 0.109. The Labute approximate surface area is 136 Å². The third kappa shape index (κ3) is 2.53. The van der Waals surface area contributed by atoms with E-state index in [-0.39, 0.29) is 12.5 Å². The van der Waals surface area contributed by atoms with Gasteiger partial charge < -0.3 is 14.6 Å². The van der Waals surface area contributed by atoms with Gasteiger partial charge in [0.25, 0.3) is 0 Å². The van der Waals surface area contributed by atoms with Crippen LogP contribution < -0.4 is 9.47 Å². The van der Waals surface area contributed by atoms with Crippen LogP contribution in [0.25, 0.3) is 0 Å². The van der Waals surface area contributed by atoms with E-state index in [1.165, 1.54) is 0 Å². The lowest BCUT2D eigenvalue weighted by molar-refractivity contribution is -0.151. The third-order valence-corrected chi connectivity index (χ3v) is 4.72. The summed E-state index contributed by atoms with van der Waals surface area (Å²) in [6.45, 7) is 3.90. The van der Waals surface area contributed by atoms with Crippen molar-refractivity contribution >= 4 is 5.97 Å². The molecule has 1 fully saturated rings. The fourth-order valence-electron chi connectivity index (χ4n) is 3.56. The number of benzene rings is 1. The predicted molar refractivity (Wildman–Crippen MR) is 85.8 cm³/mol. The molecule has 0 aliphatic carbocycles. The number of hydrogen-bond acceptors (Lipinski definition) is 4. The van der Waals surface area contributed by atoms with Crippen LogP contribution in [-0.4, -0.2) is 49.3 Å². The Kier molecular flexibility index (Phi) is 4.18. The maximum Gasteiger partial charge on any atom is 0.315 e. The van der Waals surface area contributed by atoms with Gasteiger partial charge in [0, 0.05) is 31.0 Å². The summed E-state index contributed by atoms with van der Waals surface area (Å²) in [7, 11) is 1.60. The van der Waals surface area contributed by atoms with Crippen molar-refractivity contribution in [2.24, 2.45) is 5.41 Å². The molecule has 2 aliphatic rings. The zero-order chi connectivity index (χ0) is 16.4. The van der Waals surface area contributed by atoms with E-state index in [9.17, 15) is 9.90 Å². The highest BCUT2D eigenvalue weighted by Gasteiger charge is 2.56. The molecule has 1 N–H and O–H groups in total. The molecular formula is C18H21NO4. The Morgan fingerprint density at radius 3 is 3.04 bits per heavy atom. The minimum Gasteiger partial charge on any atom is -0.493 e. The van der Waals surface area contributed by atoms with Crippen LogP contribution in [0.1, 0.15) is 24.8 Å². The molecule has 0 radical (unpaired) electrons. The molecule has 122 valence electrons. The van der Waals surface area contributed by atoms with Crippen molar-refractivity contribution in [3.63, 3.8) is 0 Å². The molecule has 5 nitrogen and oxygen atoms in total. The van der Waals surface area contributed by atoms with Gasteiger partial charge in [-0.2, -0.15) is 0 Å². The van der Waals surface area contributed by atoms with Crippen LogP contribution in [0.15, 0.2) is 18.2 Å². The highest BCUT2D eigenvalue weighted by molar-refractivity contribution is 5.79. The van der Waals surface area contributed by atoms with Crippen LogP contribution in [0.2, 0.25) is 0 Å². The summed E-state index contributed by atoms with van der Waals surface area (Å²) in [5, 5.41) is 9.87. The molecule has 0 unspecified atom stereocenters.